The van der Waals surface area contributed by atoms with Gasteiger partial charge in [0.25, 0.3) is 0 Å². The Morgan fingerprint density at radius 2 is 1.24 bits per heavy atom. The van der Waals surface area contributed by atoms with Crippen LogP contribution in [0.15, 0.2) is 35.3 Å². The fraction of sp³-hybridized carbons (Fsp3) is 0.442. The van der Waals surface area contributed by atoms with Gasteiger partial charge in [0.2, 0.25) is 0 Å². The molecule has 58 heavy (non-hydrogen) atoms. The summed E-state index contributed by atoms with van der Waals surface area (Å²) in [5.74, 6) is 1.21. The fourth-order valence-corrected chi connectivity index (χ4v) is 18.5. The van der Waals surface area contributed by atoms with Gasteiger partial charge in [-0.05, 0) is 0 Å². The molecule has 2 N–H and O–H groups in total. The van der Waals surface area contributed by atoms with Gasteiger partial charge in [0, 0.05) is 0 Å². The van der Waals surface area contributed by atoms with E-state index in [0.29, 0.717) is 102 Å². The van der Waals surface area contributed by atoms with Crippen LogP contribution in [0.25, 0.3) is 11.1 Å². The van der Waals surface area contributed by atoms with Crippen LogP contribution in [0.3, 0.4) is 0 Å². The van der Waals surface area contributed by atoms with Crippen molar-refractivity contribution in [1.29, 1.82) is 0 Å². The Kier molecular flexibility index (Phi) is 16.1. The minimum atomic E-state index is 0.520. The molecule has 300 valence electrons. The zero-order valence-corrected chi connectivity index (χ0v) is 47.5. The van der Waals surface area contributed by atoms with Crippen LogP contribution >= 0.6 is 57.5 Å². The van der Waals surface area contributed by atoms with E-state index in [1.807, 2.05) is 0 Å². The third-order valence-electron chi connectivity index (χ3n) is 14.6. The summed E-state index contributed by atoms with van der Waals surface area (Å²) in [4.78, 5) is 0. The molecule has 0 saturated carbocycles. The summed E-state index contributed by atoms with van der Waals surface area (Å²) in [5.41, 5.74) is 34.7. The summed E-state index contributed by atoms with van der Waals surface area (Å²) >= 11 is 3.28. The van der Waals surface area contributed by atoms with E-state index in [1.54, 1.807) is 21.8 Å². The van der Waals surface area contributed by atoms with Crippen LogP contribution in [0.4, 0.5) is 5.69 Å². The van der Waals surface area contributed by atoms with Crippen molar-refractivity contribution < 1.29 is 0 Å². The van der Waals surface area contributed by atoms with Crippen LogP contribution in [0.5, 0.6) is 0 Å². The second kappa shape index (κ2) is 19.5. The maximum atomic E-state index is 7.51. The number of anilines is 1. The number of nitrogens with zero attached hydrogens (tertiary/aromatic N) is 4. The van der Waals surface area contributed by atoms with Crippen molar-refractivity contribution in [3.05, 3.63) is 100 Å². The molecule has 7 atom stereocenters. The molecule has 0 saturated heterocycles. The van der Waals surface area contributed by atoms with Gasteiger partial charge >= 0.3 is 414 Å². The molecule has 6 rings (SSSR count). The van der Waals surface area contributed by atoms with Crippen LogP contribution < -0.4 is 16.3 Å². The molecule has 0 bridgehead atoms. The van der Waals surface area contributed by atoms with Crippen LogP contribution in [0, 0.1) is 58.0 Å². The van der Waals surface area contributed by atoms with Gasteiger partial charge in [-0.1, -0.05) is 0 Å². The molecule has 0 radical (unpaired) electrons. The van der Waals surface area contributed by atoms with Crippen LogP contribution in [0.2, 0.25) is 5.82 Å². The second-order valence-electron chi connectivity index (χ2n) is 17.6. The van der Waals surface area contributed by atoms with E-state index < -0.39 is 0 Å². The van der Waals surface area contributed by atoms with Gasteiger partial charge in [-0.15, -0.1) is 0 Å². The molecular formula is C43H63B4IKN5P4. The molecule has 2 aromatic carbocycles. The van der Waals surface area contributed by atoms with Crippen molar-refractivity contribution >= 4 is 154 Å². The molecule has 15 heteroatoms. The number of hydrogen-bond donors (Lipinski definition) is 1. The number of nitrogens with two attached hydrogens (primary N) is 1. The Balaban J connectivity index is 1.61. The van der Waals surface area contributed by atoms with Crippen LogP contribution in [-0.4, -0.2) is 111 Å². The molecular weight excluding hydrogens is 920 g/mol. The predicted octanol–water partition coefficient (Wildman–Crippen LogP) is 5.93. The van der Waals surface area contributed by atoms with Gasteiger partial charge in [0.1, 0.15) is 0 Å². The number of allylic oxidation sites excluding steroid dienone is 1. The van der Waals surface area contributed by atoms with E-state index in [2.05, 4.69) is 167 Å². The van der Waals surface area contributed by atoms with E-state index in [4.69, 9.17) is 5.73 Å². The Bertz CT molecular complexity index is 2220. The van der Waals surface area contributed by atoms with Gasteiger partial charge in [-0.25, -0.2) is 0 Å². The van der Waals surface area contributed by atoms with Crippen molar-refractivity contribution in [1.82, 2.24) is 18.0 Å². The molecule has 2 aliphatic heterocycles. The van der Waals surface area contributed by atoms with Gasteiger partial charge in [-0.2, -0.15) is 0 Å². The Morgan fingerprint density at radius 1 is 0.724 bits per heavy atom. The number of aromatic nitrogens is 2. The molecule has 0 aliphatic carbocycles. The Hall–Kier alpha value is 0.226. The number of benzene rings is 2. The molecule has 2 aromatic heterocycles. The average Bonchev–Trinajstić information content (AvgIpc) is 3.79. The number of halogens is 1. The quantitative estimate of drug-likeness (QED) is 0.0784. The summed E-state index contributed by atoms with van der Waals surface area (Å²) in [5, 5.41) is 0. The molecule has 0 amide bonds. The normalized spacial score (nSPS) is 19.2. The van der Waals surface area contributed by atoms with Crippen molar-refractivity contribution in [2.24, 2.45) is 5.92 Å². The van der Waals surface area contributed by atoms with Crippen molar-refractivity contribution in [3.63, 3.8) is 0 Å². The second-order valence-corrected chi connectivity index (χ2v) is 24.9. The third kappa shape index (κ3) is 9.24. The van der Waals surface area contributed by atoms with Crippen molar-refractivity contribution in [3.8, 4) is 11.1 Å². The summed E-state index contributed by atoms with van der Waals surface area (Å²) in [7, 11) is 12.0. The zero-order valence-electron chi connectivity index (χ0n) is 38.2. The summed E-state index contributed by atoms with van der Waals surface area (Å²) < 4.78 is 13.6. The minimum absolute atomic E-state index is 0.520. The molecule has 4 heterocycles. The van der Waals surface area contributed by atoms with E-state index >= 15 is 0 Å². The molecule has 5 nitrogen and oxygen atoms in total. The number of nitrogen functional groups attached to an aromatic ring is 1. The van der Waals surface area contributed by atoms with Gasteiger partial charge in [0.05, 0.1) is 0 Å². The third-order valence-corrected chi connectivity index (χ3v) is 23.6. The first kappa shape index (κ1) is 47.7. The standard InChI is InChI=1S/C43H63B4IN5P4.K/c1-21-12-32(17-54-50-13-22(2)38(44)28(50)8)36(34(42(21)48)19-56-52-15-24(4)40(46)30(52)10)37-33(18-55-51-14-23(3)39(45)29(51)9)26(6)27(7)43(49)35(37)20-57-53-16-25(5)41(47)31(53)11;/h13-14,16,24,28,38,54-57H,15,17-20,44-47,49H2,1-11H3;. The van der Waals surface area contributed by atoms with E-state index in [-0.39, 0.29) is 0 Å². The molecule has 4 aromatic rings. The van der Waals surface area contributed by atoms with Crippen molar-refractivity contribution in [2.45, 2.75) is 113 Å². The first-order valence-corrected chi connectivity index (χ1v) is 28.4. The topological polar surface area (TPSA) is 42.4 Å². The Morgan fingerprint density at radius 3 is 1.72 bits per heavy atom. The molecule has 7 unspecified atom stereocenters. The molecule has 0 fully saturated rings. The summed E-state index contributed by atoms with van der Waals surface area (Å²) in [6, 6.07) is 0.531. The molecule has 0 spiro atoms. The number of hydrogen-bond acceptors (Lipinski definition) is 3. The summed E-state index contributed by atoms with van der Waals surface area (Å²) in [6.45, 7) is 26.9. The average molecular weight is 983 g/mol. The van der Waals surface area contributed by atoms with E-state index in [1.165, 1.54) is 81.7 Å². The molecule has 2 aliphatic rings. The zero-order chi connectivity index (χ0) is 42.7. The van der Waals surface area contributed by atoms with E-state index in [9.17, 15) is 0 Å². The monoisotopic (exact) mass is 983 g/mol. The van der Waals surface area contributed by atoms with Gasteiger partial charge < -0.3 is 0 Å². The van der Waals surface area contributed by atoms with Gasteiger partial charge in [0.15, 0.2) is 0 Å². The first-order valence-electron chi connectivity index (χ1n) is 21.1. The predicted molar refractivity (Wildman–Crippen MR) is 286 cm³/mol. The van der Waals surface area contributed by atoms with Crippen LogP contribution in [-0.2, 0) is 24.6 Å². The van der Waals surface area contributed by atoms with Crippen molar-refractivity contribution in [2.75, 3.05) is 12.3 Å². The summed E-state index contributed by atoms with van der Waals surface area (Å²) in [6.07, 6.45) is 11.3. The fourth-order valence-electron chi connectivity index (χ4n) is 8.92. The SMILES string of the molecule is BC1=C(C)N(PCc2c(I)c(C)[c]([K])c(CPN3C=C(C)C(B)C3C)c2-c2c(CPn3cc(C)c(B)c3C)c(C)c(C)c(N)c2CPn2cc(C)c(B)c2C)CC1C. The van der Waals surface area contributed by atoms with Crippen LogP contribution in [0.1, 0.15) is 89.2 Å². The Labute approximate surface area is 409 Å². The maximum absolute atomic E-state index is 7.51. The number of rotatable bonds is 13. The van der Waals surface area contributed by atoms with Gasteiger partial charge in [-0.3, -0.25) is 0 Å². The number of aryl methyl sites for hydroxylation is 2. The first-order chi connectivity index (χ1) is 27.3. The van der Waals surface area contributed by atoms with E-state index in [0.717, 1.165) is 36.9 Å².